The van der Waals surface area contributed by atoms with Gasteiger partial charge in [-0.2, -0.15) is 0 Å². The highest BCUT2D eigenvalue weighted by atomic mass is 16.1. The Bertz CT molecular complexity index is 454. The number of hydrogen-bond acceptors (Lipinski definition) is 2. The van der Waals surface area contributed by atoms with Gasteiger partial charge in [-0.05, 0) is 42.9 Å². The van der Waals surface area contributed by atoms with Gasteiger partial charge in [0.2, 0.25) is 0 Å². The van der Waals surface area contributed by atoms with Crippen LogP contribution in [-0.4, -0.2) is 11.8 Å². The van der Waals surface area contributed by atoms with Crippen molar-refractivity contribution in [3.05, 3.63) is 48.7 Å². The van der Waals surface area contributed by atoms with Gasteiger partial charge in [-0.3, -0.25) is 4.79 Å². The Kier molecular flexibility index (Phi) is 12.0. The minimum atomic E-state index is -0.0579. The maximum atomic E-state index is 11.0. The van der Waals surface area contributed by atoms with Crippen LogP contribution >= 0.6 is 0 Å². The molecule has 0 saturated heterocycles. The van der Waals surface area contributed by atoms with E-state index in [1.807, 2.05) is 0 Å². The van der Waals surface area contributed by atoms with Gasteiger partial charge in [-0.1, -0.05) is 84.4 Å². The molecule has 0 heterocycles. The predicted octanol–water partition coefficient (Wildman–Crippen LogP) is 5.63. The second-order valence-corrected chi connectivity index (χ2v) is 6.90. The van der Waals surface area contributed by atoms with Crippen molar-refractivity contribution in [3.8, 4) is 0 Å². The lowest BCUT2D eigenvalue weighted by Crippen LogP contribution is -2.37. The van der Waals surface area contributed by atoms with Crippen LogP contribution in [0.1, 0.15) is 59.9 Å². The fourth-order valence-electron chi connectivity index (χ4n) is 2.63. The summed E-state index contributed by atoms with van der Waals surface area (Å²) in [6.07, 6.45) is 5.09. The Morgan fingerprint density at radius 3 is 2.00 bits per heavy atom. The summed E-state index contributed by atoms with van der Waals surface area (Å²) in [5.41, 5.74) is 1.47. The third-order valence-electron chi connectivity index (χ3n) is 4.96. The predicted molar refractivity (Wildman–Crippen MR) is 106 cm³/mol. The first-order chi connectivity index (χ1) is 11.4. The van der Waals surface area contributed by atoms with Crippen LogP contribution < -0.4 is 5.32 Å². The molecule has 2 nitrogen and oxygen atoms in total. The molecule has 1 aromatic rings. The van der Waals surface area contributed by atoms with Gasteiger partial charge >= 0.3 is 0 Å². The van der Waals surface area contributed by atoms with Gasteiger partial charge in [0.05, 0.1) is 6.04 Å². The summed E-state index contributed by atoms with van der Waals surface area (Å²) in [6.45, 7) is 16.2. The average Bonchev–Trinajstić information content (AvgIpc) is 2.59. The van der Waals surface area contributed by atoms with Crippen molar-refractivity contribution < 1.29 is 4.79 Å². The number of nitrogens with one attached hydrogen (secondary N) is 1. The second kappa shape index (κ2) is 12.8. The molecule has 0 fully saturated rings. The Labute approximate surface area is 149 Å². The molecule has 1 N–H and O–H groups in total. The average molecular weight is 332 g/mol. The van der Waals surface area contributed by atoms with Crippen LogP contribution in [0, 0.1) is 17.8 Å². The highest BCUT2D eigenvalue weighted by Gasteiger charge is 2.17. The summed E-state index contributed by atoms with van der Waals surface area (Å²) in [6, 6.07) is 10.7. The van der Waals surface area contributed by atoms with Crippen molar-refractivity contribution in [1.29, 1.82) is 0 Å². The molecule has 1 aromatic carbocycles. The topological polar surface area (TPSA) is 29.1 Å². The number of carbonyl (C=O) groups is 1. The fraction of sp³-hybridized carbons (Fsp3) is 0.591. The third-order valence-corrected chi connectivity index (χ3v) is 4.96. The van der Waals surface area contributed by atoms with Gasteiger partial charge in [0, 0.05) is 0 Å². The van der Waals surface area contributed by atoms with Gasteiger partial charge in [0.1, 0.15) is 0 Å². The Morgan fingerprint density at radius 1 is 1.04 bits per heavy atom. The van der Waals surface area contributed by atoms with Gasteiger partial charge in [-0.15, -0.1) is 0 Å². The molecule has 0 aromatic heterocycles. The van der Waals surface area contributed by atoms with Crippen molar-refractivity contribution in [3.63, 3.8) is 0 Å². The Morgan fingerprint density at radius 2 is 1.58 bits per heavy atom. The fourth-order valence-corrected chi connectivity index (χ4v) is 2.63. The largest absolute Gasteiger partial charge is 0.382 e. The highest BCUT2D eigenvalue weighted by Crippen LogP contribution is 2.19. The van der Waals surface area contributed by atoms with Crippen molar-refractivity contribution >= 4 is 5.78 Å². The Balaban J connectivity index is 0.000000449. The lowest BCUT2D eigenvalue weighted by molar-refractivity contribution is -0.119. The molecule has 1 rings (SSSR count). The van der Waals surface area contributed by atoms with Crippen LogP contribution in [0.15, 0.2) is 43.1 Å². The first-order valence-corrected chi connectivity index (χ1v) is 9.28. The van der Waals surface area contributed by atoms with Crippen molar-refractivity contribution in [1.82, 2.24) is 5.32 Å². The molecule has 4 atom stereocenters. The highest BCUT2D eigenvalue weighted by molar-refractivity contribution is 5.81. The summed E-state index contributed by atoms with van der Waals surface area (Å²) in [4.78, 5) is 11.0. The minimum Gasteiger partial charge on any atom is -0.382 e. The molecule has 24 heavy (non-hydrogen) atoms. The zero-order chi connectivity index (χ0) is 18.5. The van der Waals surface area contributed by atoms with Gasteiger partial charge in [0.15, 0.2) is 5.78 Å². The number of benzene rings is 1. The lowest BCUT2D eigenvalue weighted by atomic mass is 9.88. The molecule has 0 radical (unpaired) electrons. The normalized spacial score (nSPS) is 15.2. The number of carbonyl (C=O) groups excluding carboxylic acids is 1. The zero-order valence-corrected chi connectivity index (χ0v) is 16.5. The van der Waals surface area contributed by atoms with Gasteiger partial charge in [0.25, 0.3) is 0 Å². The monoisotopic (exact) mass is 331 g/mol. The van der Waals surface area contributed by atoms with Crippen LogP contribution in [0.3, 0.4) is 0 Å². The zero-order valence-electron chi connectivity index (χ0n) is 16.5. The molecule has 0 saturated carbocycles. The molecular formula is C22H37NO. The number of ketones is 1. The smallest absolute Gasteiger partial charge is 0.152 e. The molecule has 0 aliphatic heterocycles. The van der Waals surface area contributed by atoms with E-state index in [2.05, 4.69) is 76.8 Å². The number of hydrogen-bond donors (Lipinski definition) is 1. The van der Waals surface area contributed by atoms with E-state index in [1.54, 1.807) is 13.1 Å². The summed E-state index contributed by atoms with van der Waals surface area (Å²) in [5, 5.41) is 2.95. The molecule has 0 spiro atoms. The minimum absolute atomic E-state index is 0.0579. The van der Waals surface area contributed by atoms with Crippen LogP contribution in [-0.2, 0) is 11.2 Å². The summed E-state index contributed by atoms with van der Waals surface area (Å²) in [5.74, 6) is 2.19. The van der Waals surface area contributed by atoms with E-state index < -0.39 is 0 Å². The van der Waals surface area contributed by atoms with Crippen LogP contribution in [0.25, 0.3) is 0 Å². The van der Waals surface area contributed by atoms with E-state index >= 15 is 0 Å². The van der Waals surface area contributed by atoms with E-state index in [0.717, 1.165) is 18.3 Å². The third kappa shape index (κ3) is 8.90. The second-order valence-electron chi connectivity index (χ2n) is 6.90. The van der Waals surface area contributed by atoms with E-state index in [9.17, 15) is 4.79 Å². The lowest BCUT2D eigenvalue weighted by Gasteiger charge is -2.19. The van der Waals surface area contributed by atoms with Crippen LogP contribution in [0.2, 0.25) is 0 Å². The maximum absolute atomic E-state index is 11.0. The molecule has 0 bridgehead atoms. The summed E-state index contributed by atoms with van der Waals surface area (Å²) in [7, 11) is 0. The van der Waals surface area contributed by atoms with Crippen LogP contribution in [0.5, 0.6) is 0 Å². The summed E-state index contributed by atoms with van der Waals surface area (Å²) >= 11 is 0. The van der Waals surface area contributed by atoms with E-state index in [4.69, 9.17) is 0 Å². The van der Waals surface area contributed by atoms with Gasteiger partial charge < -0.3 is 5.32 Å². The van der Waals surface area contributed by atoms with Gasteiger partial charge in [-0.25, -0.2) is 0 Å². The van der Waals surface area contributed by atoms with E-state index in [-0.39, 0.29) is 11.8 Å². The van der Waals surface area contributed by atoms with E-state index in [1.165, 1.54) is 18.4 Å². The molecule has 136 valence electrons. The maximum Gasteiger partial charge on any atom is 0.152 e. The first-order valence-electron chi connectivity index (χ1n) is 9.28. The Hall–Kier alpha value is -1.57. The molecular weight excluding hydrogens is 294 g/mol. The van der Waals surface area contributed by atoms with Crippen molar-refractivity contribution in [2.45, 2.75) is 66.8 Å². The quantitative estimate of drug-likeness (QED) is 0.635. The molecule has 1 unspecified atom stereocenters. The SMILES string of the molecule is C=CN[C@H](C(C)=O)[C@@H](C)CC.CC[C@H](C)C(C)Cc1ccccc1. The molecule has 0 aliphatic rings. The van der Waals surface area contributed by atoms with Crippen molar-refractivity contribution in [2.24, 2.45) is 17.8 Å². The van der Waals surface area contributed by atoms with E-state index in [0.29, 0.717) is 5.92 Å². The number of Topliss-reactive ketones (excluding diaryl/α,β-unsaturated/α-hetero) is 1. The summed E-state index contributed by atoms with van der Waals surface area (Å²) < 4.78 is 0. The first kappa shape index (κ1) is 22.4. The van der Waals surface area contributed by atoms with Crippen molar-refractivity contribution in [2.75, 3.05) is 0 Å². The van der Waals surface area contributed by atoms with Crippen LogP contribution in [0.4, 0.5) is 0 Å². The number of rotatable bonds is 9. The molecule has 0 aliphatic carbocycles. The molecule has 0 amide bonds. The molecule has 2 heteroatoms. The standard InChI is InChI=1S/C13H20.C9H17NO/c1-4-11(2)12(3)10-13-8-6-5-7-9-13;1-5-7(3)9(8(4)11)10-6-2/h5-9,11-12H,4,10H2,1-3H3;6-7,9-10H,2,5H2,1,3-4H3/t11-,12?;7-,9-/m00/s1.